The molecule has 0 N–H and O–H groups in total. The molecule has 0 aliphatic rings. The molecule has 0 saturated heterocycles. The van der Waals surface area contributed by atoms with E-state index in [4.69, 9.17) is 0 Å². The van der Waals surface area contributed by atoms with Gasteiger partial charge in [-0.2, -0.15) is 0 Å². The third kappa shape index (κ3) is 4.64. The van der Waals surface area contributed by atoms with Gasteiger partial charge in [0.1, 0.15) is 0 Å². The molecule has 0 fully saturated rings. The number of hydrogen-bond acceptors (Lipinski definition) is 3. The molecule has 0 aliphatic heterocycles. The van der Waals surface area contributed by atoms with Crippen molar-refractivity contribution in [1.29, 1.82) is 0 Å². The molecular weight excluding hydrogens is 513 g/mol. The zero-order valence-electron chi connectivity index (χ0n) is 14.3. The number of para-hydroxylation sites is 1. The van der Waals surface area contributed by atoms with Crippen LogP contribution in [0.2, 0.25) is 0 Å². The van der Waals surface area contributed by atoms with Crippen LogP contribution < -0.4 is 0 Å². The monoisotopic (exact) mass is 528 g/mol. The number of hydrogen-bond donors (Lipinski definition) is 0. The molecule has 0 spiro atoms. The number of rotatable bonds is 4. The van der Waals surface area contributed by atoms with E-state index < -0.39 is 0 Å². The minimum Gasteiger partial charge on any atom is -0.314 e. The molecule has 0 amide bonds. The fraction of sp³-hybridized carbons (Fsp3) is 0. The number of benzene rings is 2. The van der Waals surface area contributed by atoms with Gasteiger partial charge in [0.2, 0.25) is 0 Å². The fourth-order valence-corrected chi connectivity index (χ4v) is 2.63. The Morgan fingerprint density at radius 3 is 2.48 bits per heavy atom. The van der Waals surface area contributed by atoms with Gasteiger partial charge in [0.25, 0.3) is 0 Å². The Balaban J connectivity index is 0.00000210. The Morgan fingerprint density at radius 1 is 0.815 bits per heavy atom. The summed E-state index contributed by atoms with van der Waals surface area (Å²) in [6.45, 7) is 0. The first kappa shape index (κ1) is 18.9. The summed E-state index contributed by atoms with van der Waals surface area (Å²) in [4.78, 5) is 13.3. The van der Waals surface area contributed by atoms with Crippen LogP contribution in [-0.2, 0) is 21.1 Å². The molecule has 2 aromatic heterocycles. The molecule has 4 rings (SSSR count). The summed E-state index contributed by atoms with van der Waals surface area (Å²) in [7, 11) is 0. The van der Waals surface area contributed by atoms with Crippen molar-refractivity contribution < 1.29 is 21.1 Å². The van der Waals surface area contributed by atoms with Gasteiger partial charge in [-0.1, -0.05) is 35.9 Å². The number of aliphatic imine (C=N–C) groups is 1. The van der Waals surface area contributed by atoms with Crippen LogP contribution in [0.3, 0.4) is 0 Å². The quantitative estimate of drug-likeness (QED) is 0.271. The van der Waals surface area contributed by atoms with E-state index >= 15 is 0 Å². The Bertz CT molecular complexity index is 1030. The van der Waals surface area contributed by atoms with Gasteiger partial charge in [0, 0.05) is 23.3 Å². The first-order valence-corrected chi connectivity index (χ1v) is 8.30. The van der Waals surface area contributed by atoms with Gasteiger partial charge >= 0.3 is 21.1 Å². The Hall–Kier alpha value is -2.90. The van der Waals surface area contributed by atoms with E-state index in [2.05, 4.69) is 27.1 Å². The second-order valence-electron chi connectivity index (χ2n) is 5.64. The molecule has 4 aromatic rings. The zero-order chi connectivity index (χ0) is 17.6. The van der Waals surface area contributed by atoms with Crippen molar-refractivity contribution >= 4 is 11.9 Å². The third-order valence-electron chi connectivity index (χ3n) is 3.87. The first-order chi connectivity index (χ1) is 12.9. The maximum absolute atomic E-state index is 4.66. The molecule has 27 heavy (non-hydrogen) atoms. The van der Waals surface area contributed by atoms with Crippen LogP contribution in [0.4, 0.5) is 5.69 Å². The summed E-state index contributed by atoms with van der Waals surface area (Å²) < 4.78 is 0. The maximum Gasteiger partial charge on any atom is 2.00 e. The van der Waals surface area contributed by atoms with Crippen LogP contribution in [0.25, 0.3) is 22.5 Å². The maximum atomic E-state index is 4.66. The largest absolute Gasteiger partial charge is 2.00 e. The molecule has 0 bridgehead atoms. The normalized spacial score (nSPS) is 10.5. The van der Waals surface area contributed by atoms with Crippen molar-refractivity contribution in [3.63, 3.8) is 0 Å². The Kier molecular flexibility index (Phi) is 6.40. The molecule has 3 nitrogen and oxygen atoms in total. The van der Waals surface area contributed by atoms with E-state index in [1.165, 1.54) is 0 Å². The van der Waals surface area contributed by atoms with Crippen LogP contribution in [0.1, 0.15) is 5.56 Å². The van der Waals surface area contributed by atoms with E-state index in [0.29, 0.717) is 5.69 Å². The van der Waals surface area contributed by atoms with Crippen LogP contribution in [0.15, 0.2) is 90.2 Å². The second kappa shape index (κ2) is 9.16. The fourth-order valence-electron chi connectivity index (χ4n) is 2.63. The van der Waals surface area contributed by atoms with Crippen LogP contribution in [0.5, 0.6) is 0 Å². The van der Waals surface area contributed by atoms with E-state index in [9.17, 15) is 0 Å². The van der Waals surface area contributed by atoms with Gasteiger partial charge in [-0.15, -0.1) is 53.6 Å². The molecule has 132 valence electrons. The SMILES string of the molecule is [Pt+2].[c-]1ccccc1-c1ccccc1N=Cc1[c-]c(-c2ccccn2)ncc1. The predicted molar refractivity (Wildman–Crippen MR) is 104 cm³/mol. The van der Waals surface area contributed by atoms with Crippen molar-refractivity contribution in [2.75, 3.05) is 0 Å². The van der Waals surface area contributed by atoms with Gasteiger partial charge < -0.3 is 9.98 Å². The van der Waals surface area contributed by atoms with Crippen molar-refractivity contribution in [2.45, 2.75) is 0 Å². The van der Waals surface area contributed by atoms with Crippen LogP contribution >= 0.6 is 0 Å². The Morgan fingerprint density at radius 2 is 1.67 bits per heavy atom. The second-order valence-corrected chi connectivity index (χ2v) is 5.64. The molecular formula is C23H15N3Pt. The van der Waals surface area contributed by atoms with Gasteiger partial charge in [0.15, 0.2) is 0 Å². The standard InChI is InChI=1S/C23H15N3.Pt/c1-2-8-19(9-3-1)20-10-4-5-11-21(20)26-17-18-13-15-25-23(16-18)22-12-6-7-14-24-22;/h1-8,10-15,17H;/q-2;+2. The Labute approximate surface area is 173 Å². The summed E-state index contributed by atoms with van der Waals surface area (Å²) in [6.07, 6.45) is 5.30. The number of nitrogens with zero attached hydrogens (tertiary/aromatic N) is 3. The van der Waals surface area contributed by atoms with Crippen molar-refractivity contribution in [3.8, 4) is 22.5 Å². The van der Waals surface area contributed by atoms with Gasteiger partial charge in [-0.05, 0) is 24.5 Å². The predicted octanol–water partition coefficient (Wildman–Crippen LogP) is 5.16. The molecule has 0 radical (unpaired) electrons. The van der Waals surface area contributed by atoms with Crippen molar-refractivity contribution in [3.05, 3.63) is 103 Å². The zero-order valence-corrected chi connectivity index (χ0v) is 16.6. The molecule has 4 heteroatoms. The molecule has 2 aromatic carbocycles. The smallest absolute Gasteiger partial charge is 0.314 e. The summed E-state index contributed by atoms with van der Waals surface area (Å²) in [5, 5.41) is 0. The average Bonchev–Trinajstić information content (AvgIpc) is 2.74. The van der Waals surface area contributed by atoms with Crippen molar-refractivity contribution in [1.82, 2.24) is 9.97 Å². The molecule has 0 atom stereocenters. The third-order valence-corrected chi connectivity index (χ3v) is 3.87. The summed E-state index contributed by atoms with van der Waals surface area (Å²) in [5.74, 6) is 0. The summed E-state index contributed by atoms with van der Waals surface area (Å²) in [6, 6.07) is 30.1. The van der Waals surface area contributed by atoms with Crippen LogP contribution in [0, 0.1) is 12.1 Å². The van der Waals surface area contributed by atoms with E-state index in [1.807, 2.05) is 72.8 Å². The topological polar surface area (TPSA) is 38.1 Å². The van der Waals surface area contributed by atoms with Crippen molar-refractivity contribution in [2.24, 2.45) is 4.99 Å². The molecule has 0 unspecified atom stereocenters. The van der Waals surface area contributed by atoms with Crippen LogP contribution in [-0.4, -0.2) is 16.2 Å². The van der Waals surface area contributed by atoms with Gasteiger partial charge in [-0.3, -0.25) is 4.98 Å². The van der Waals surface area contributed by atoms with E-state index in [0.717, 1.165) is 28.1 Å². The first-order valence-electron chi connectivity index (χ1n) is 8.30. The minimum atomic E-state index is 0. The minimum absolute atomic E-state index is 0. The summed E-state index contributed by atoms with van der Waals surface area (Å²) in [5.41, 5.74) is 5.31. The number of aromatic nitrogens is 2. The van der Waals surface area contributed by atoms with E-state index in [-0.39, 0.29) is 21.1 Å². The van der Waals surface area contributed by atoms with Gasteiger partial charge in [-0.25, -0.2) is 0 Å². The number of pyridine rings is 2. The molecule has 2 heterocycles. The average molecular weight is 528 g/mol. The molecule has 0 saturated carbocycles. The molecule has 0 aliphatic carbocycles. The summed E-state index contributed by atoms with van der Waals surface area (Å²) >= 11 is 0. The van der Waals surface area contributed by atoms with Gasteiger partial charge in [0.05, 0.1) is 0 Å². The van der Waals surface area contributed by atoms with E-state index in [1.54, 1.807) is 18.6 Å².